The maximum Gasteiger partial charge on any atom is 0.222 e. The molecule has 0 aliphatic carbocycles. The highest BCUT2D eigenvalue weighted by atomic mass is 32.1. The van der Waals surface area contributed by atoms with Crippen molar-refractivity contribution < 1.29 is 4.79 Å². The predicted molar refractivity (Wildman–Crippen MR) is 73.3 cm³/mol. The Kier molecular flexibility index (Phi) is 4.72. The smallest absolute Gasteiger partial charge is 0.222 e. The van der Waals surface area contributed by atoms with Crippen LogP contribution in [0.4, 0.5) is 0 Å². The van der Waals surface area contributed by atoms with Gasteiger partial charge in [-0.1, -0.05) is 6.92 Å². The van der Waals surface area contributed by atoms with E-state index in [1.54, 1.807) is 11.3 Å². The van der Waals surface area contributed by atoms with E-state index in [4.69, 9.17) is 5.73 Å². The summed E-state index contributed by atoms with van der Waals surface area (Å²) in [6.45, 7) is 4.59. The summed E-state index contributed by atoms with van der Waals surface area (Å²) >= 11 is 1.58. The van der Waals surface area contributed by atoms with Crippen LogP contribution in [0.2, 0.25) is 0 Å². The summed E-state index contributed by atoms with van der Waals surface area (Å²) in [7, 11) is 0. The zero-order valence-electron chi connectivity index (χ0n) is 10.9. The number of hydrogen-bond acceptors (Lipinski definition) is 4. The molecule has 2 N–H and O–H groups in total. The number of carbonyl (C=O) groups is 1. The summed E-state index contributed by atoms with van der Waals surface area (Å²) in [6.07, 6.45) is 3.59. The van der Waals surface area contributed by atoms with Gasteiger partial charge in [0.15, 0.2) is 0 Å². The third-order valence-electron chi connectivity index (χ3n) is 3.51. The van der Waals surface area contributed by atoms with Crippen LogP contribution in [-0.2, 0) is 17.8 Å². The number of nitrogens with zero attached hydrogens (tertiary/aromatic N) is 2. The van der Waals surface area contributed by atoms with E-state index in [9.17, 15) is 4.79 Å². The van der Waals surface area contributed by atoms with Gasteiger partial charge in [0.05, 0.1) is 5.69 Å². The van der Waals surface area contributed by atoms with Gasteiger partial charge >= 0.3 is 0 Å². The van der Waals surface area contributed by atoms with Crippen LogP contribution in [0.25, 0.3) is 0 Å². The fraction of sp³-hybridized carbons (Fsp3) is 0.692. The lowest BCUT2D eigenvalue weighted by Gasteiger charge is -2.30. The van der Waals surface area contributed by atoms with E-state index >= 15 is 0 Å². The van der Waals surface area contributed by atoms with Gasteiger partial charge in [-0.2, -0.15) is 0 Å². The van der Waals surface area contributed by atoms with E-state index in [0.717, 1.165) is 49.0 Å². The van der Waals surface area contributed by atoms with Gasteiger partial charge in [-0.05, 0) is 25.2 Å². The van der Waals surface area contributed by atoms with Gasteiger partial charge in [0.1, 0.15) is 5.01 Å². The maximum atomic E-state index is 12.0. The molecule has 0 unspecified atom stereocenters. The average Bonchev–Trinajstić information content (AvgIpc) is 2.85. The summed E-state index contributed by atoms with van der Waals surface area (Å²) in [4.78, 5) is 18.4. The topological polar surface area (TPSA) is 59.2 Å². The summed E-state index contributed by atoms with van der Waals surface area (Å²) in [6, 6.07) is 0. The molecule has 4 nitrogen and oxygen atoms in total. The van der Waals surface area contributed by atoms with Crippen molar-refractivity contribution in [2.75, 3.05) is 13.1 Å². The van der Waals surface area contributed by atoms with Crippen molar-refractivity contribution in [2.24, 2.45) is 11.7 Å². The number of aromatic nitrogens is 1. The molecule has 5 heteroatoms. The summed E-state index contributed by atoms with van der Waals surface area (Å²) < 4.78 is 0. The Balaban J connectivity index is 1.77. The van der Waals surface area contributed by atoms with E-state index in [2.05, 4.69) is 11.9 Å². The number of amides is 1. The molecule has 18 heavy (non-hydrogen) atoms. The second kappa shape index (κ2) is 6.29. The molecule has 0 bridgehead atoms. The molecule has 0 saturated carbocycles. The molecule has 0 radical (unpaired) electrons. The minimum Gasteiger partial charge on any atom is -0.343 e. The van der Waals surface area contributed by atoms with Gasteiger partial charge in [0.2, 0.25) is 5.91 Å². The fourth-order valence-electron chi connectivity index (χ4n) is 2.21. The number of aryl methyl sites for hydroxylation is 1. The zero-order chi connectivity index (χ0) is 13.0. The molecule has 1 amide bonds. The molecule has 0 aromatic carbocycles. The zero-order valence-corrected chi connectivity index (χ0v) is 11.7. The van der Waals surface area contributed by atoms with Crippen molar-refractivity contribution in [1.29, 1.82) is 0 Å². The highest BCUT2D eigenvalue weighted by molar-refractivity contribution is 7.09. The summed E-state index contributed by atoms with van der Waals surface area (Å²) in [5, 5.41) is 2.96. The summed E-state index contributed by atoms with van der Waals surface area (Å²) in [5.74, 6) is 1.03. The minimum absolute atomic E-state index is 0.268. The number of carbonyl (C=O) groups excluding carboxylic acids is 1. The Labute approximate surface area is 112 Å². The standard InChI is InChI=1S/C13H21N3OS/c1-10-4-6-16(7-5-10)13(17)3-2-11-9-18-12(8-14)15-11/h9-10H,2-8,14H2,1H3. The van der Waals surface area contributed by atoms with Crippen LogP contribution < -0.4 is 5.73 Å². The molecule has 2 heterocycles. The quantitative estimate of drug-likeness (QED) is 0.905. The maximum absolute atomic E-state index is 12.0. The average molecular weight is 267 g/mol. The van der Waals surface area contributed by atoms with Gasteiger partial charge < -0.3 is 10.6 Å². The van der Waals surface area contributed by atoms with Crippen molar-refractivity contribution >= 4 is 17.2 Å². The molecular weight excluding hydrogens is 246 g/mol. The highest BCUT2D eigenvalue weighted by Gasteiger charge is 2.20. The first-order chi connectivity index (χ1) is 8.69. The third-order valence-corrected chi connectivity index (χ3v) is 4.43. The monoisotopic (exact) mass is 267 g/mol. The molecule has 1 aromatic rings. The van der Waals surface area contributed by atoms with Crippen molar-refractivity contribution in [3.8, 4) is 0 Å². The van der Waals surface area contributed by atoms with Gasteiger partial charge in [-0.3, -0.25) is 4.79 Å². The minimum atomic E-state index is 0.268. The second-order valence-electron chi connectivity index (χ2n) is 5.00. The molecule has 1 fully saturated rings. The largest absolute Gasteiger partial charge is 0.343 e. The van der Waals surface area contributed by atoms with E-state index in [0.29, 0.717) is 13.0 Å². The molecule has 1 aliphatic heterocycles. The molecule has 100 valence electrons. The number of piperidine rings is 1. The number of rotatable bonds is 4. The van der Waals surface area contributed by atoms with Crippen molar-refractivity contribution in [3.05, 3.63) is 16.1 Å². The molecular formula is C13H21N3OS. The third kappa shape index (κ3) is 3.53. The van der Waals surface area contributed by atoms with Gasteiger partial charge in [0, 0.05) is 31.4 Å². The molecule has 0 spiro atoms. The van der Waals surface area contributed by atoms with Crippen LogP contribution in [0.5, 0.6) is 0 Å². The molecule has 1 aromatic heterocycles. The highest BCUT2D eigenvalue weighted by Crippen LogP contribution is 2.17. The number of thiazole rings is 1. The Morgan fingerprint density at radius 1 is 1.56 bits per heavy atom. The Morgan fingerprint density at radius 3 is 2.89 bits per heavy atom. The Hall–Kier alpha value is -0.940. The van der Waals surface area contributed by atoms with E-state index in [-0.39, 0.29) is 5.91 Å². The van der Waals surface area contributed by atoms with Crippen LogP contribution in [0.3, 0.4) is 0 Å². The SMILES string of the molecule is CC1CCN(C(=O)CCc2csc(CN)n2)CC1. The lowest BCUT2D eigenvalue weighted by Crippen LogP contribution is -2.38. The van der Waals surface area contributed by atoms with Crippen LogP contribution >= 0.6 is 11.3 Å². The molecule has 1 saturated heterocycles. The van der Waals surface area contributed by atoms with E-state index in [1.165, 1.54) is 0 Å². The number of hydrogen-bond donors (Lipinski definition) is 1. The Morgan fingerprint density at radius 2 is 2.28 bits per heavy atom. The number of nitrogens with two attached hydrogens (primary N) is 1. The van der Waals surface area contributed by atoms with Gasteiger partial charge in [0.25, 0.3) is 0 Å². The van der Waals surface area contributed by atoms with Crippen LogP contribution in [0, 0.1) is 5.92 Å². The van der Waals surface area contributed by atoms with Crippen molar-refractivity contribution in [3.63, 3.8) is 0 Å². The Bertz CT molecular complexity index is 397. The second-order valence-corrected chi connectivity index (χ2v) is 5.94. The normalized spacial score (nSPS) is 17.1. The first-order valence-corrected chi connectivity index (χ1v) is 7.48. The summed E-state index contributed by atoms with van der Waals surface area (Å²) in [5.41, 5.74) is 6.52. The van der Waals surface area contributed by atoms with Crippen molar-refractivity contribution in [2.45, 2.75) is 39.2 Å². The predicted octanol–water partition coefficient (Wildman–Crippen LogP) is 1.79. The fourth-order valence-corrected chi connectivity index (χ4v) is 2.92. The van der Waals surface area contributed by atoms with E-state index < -0.39 is 0 Å². The van der Waals surface area contributed by atoms with Gasteiger partial charge in [-0.15, -0.1) is 11.3 Å². The van der Waals surface area contributed by atoms with Crippen LogP contribution in [0.1, 0.15) is 36.9 Å². The van der Waals surface area contributed by atoms with Crippen LogP contribution in [-0.4, -0.2) is 28.9 Å². The lowest BCUT2D eigenvalue weighted by molar-refractivity contribution is -0.132. The molecule has 2 rings (SSSR count). The lowest BCUT2D eigenvalue weighted by atomic mass is 9.99. The first kappa shape index (κ1) is 13.5. The number of likely N-dealkylation sites (tertiary alicyclic amines) is 1. The molecule has 1 aliphatic rings. The van der Waals surface area contributed by atoms with Crippen LogP contribution in [0.15, 0.2) is 5.38 Å². The van der Waals surface area contributed by atoms with Gasteiger partial charge in [-0.25, -0.2) is 4.98 Å². The first-order valence-electron chi connectivity index (χ1n) is 6.60. The molecule has 0 atom stereocenters. The van der Waals surface area contributed by atoms with E-state index in [1.807, 2.05) is 10.3 Å². The van der Waals surface area contributed by atoms with Crippen molar-refractivity contribution in [1.82, 2.24) is 9.88 Å².